The molecule has 0 saturated heterocycles. The third kappa shape index (κ3) is 2.38. The van der Waals surface area contributed by atoms with Crippen LogP contribution in [0.4, 0.5) is 13.2 Å². The molecular weight excluding hydrogens is 215 g/mol. The van der Waals surface area contributed by atoms with Crippen molar-refractivity contribution >= 4 is 0 Å². The molecule has 0 bridgehead atoms. The highest BCUT2D eigenvalue weighted by Gasteiger charge is 2.39. The van der Waals surface area contributed by atoms with E-state index in [-0.39, 0.29) is 11.1 Å². The molecule has 1 saturated carbocycles. The van der Waals surface area contributed by atoms with Gasteiger partial charge in [-0.15, -0.1) is 0 Å². The van der Waals surface area contributed by atoms with Crippen molar-refractivity contribution in [2.75, 3.05) is 0 Å². The summed E-state index contributed by atoms with van der Waals surface area (Å²) in [6, 6.07) is 4.48. The van der Waals surface area contributed by atoms with Gasteiger partial charge in [-0.2, -0.15) is 13.2 Å². The third-order valence-electron chi connectivity index (χ3n) is 3.06. The standard InChI is InChI=1S/C12H14F3N/c1-8-2-3-9(7-11(16)4-5-11)6-10(8)12(13,14)15/h2-3,6H,4-5,7,16H2,1H3. The van der Waals surface area contributed by atoms with Crippen LogP contribution in [0.5, 0.6) is 0 Å². The molecule has 88 valence electrons. The van der Waals surface area contributed by atoms with Gasteiger partial charge in [-0.05, 0) is 43.4 Å². The van der Waals surface area contributed by atoms with E-state index in [1.165, 1.54) is 19.1 Å². The Morgan fingerprint density at radius 2 is 1.94 bits per heavy atom. The van der Waals surface area contributed by atoms with Crippen molar-refractivity contribution in [3.63, 3.8) is 0 Å². The van der Waals surface area contributed by atoms with Crippen LogP contribution in [-0.4, -0.2) is 5.54 Å². The van der Waals surface area contributed by atoms with Gasteiger partial charge in [0.1, 0.15) is 0 Å². The monoisotopic (exact) mass is 229 g/mol. The average Bonchev–Trinajstić information content (AvgIpc) is 2.85. The first-order chi connectivity index (χ1) is 7.30. The molecule has 4 heteroatoms. The number of aryl methyl sites for hydroxylation is 1. The smallest absolute Gasteiger partial charge is 0.325 e. The lowest BCUT2D eigenvalue weighted by Crippen LogP contribution is -2.24. The van der Waals surface area contributed by atoms with Crippen molar-refractivity contribution in [3.05, 3.63) is 34.9 Å². The Morgan fingerprint density at radius 1 is 1.31 bits per heavy atom. The summed E-state index contributed by atoms with van der Waals surface area (Å²) in [6.07, 6.45) is -1.92. The van der Waals surface area contributed by atoms with Crippen LogP contribution in [0.3, 0.4) is 0 Å². The number of alkyl halides is 3. The number of halogens is 3. The zero-order valence-corrected chi connectivity index (χ0v) is 9.06. The van der Waals surface area contributed by atoms with Crippen molar-refractivity contribution in [1.29, 1.82) is 0 Å². The fourth-order valence-corrected chi connectivity index (χ4v) is 1.83. The highest BCUT2D eigenvalue weighted by Crippen LogP contribution is 2.37. The summed E-state index contributed by atoms with van der Waals surface area (Å²) >= 11 is 0. The molecule has 1 fully saturated rings. The maximum Gasteiger partial charge on any atom is 0.416 e. The Balaban J connectivity index is 2.28. The average molecular weight is 229 g/mol. The van der Waals surface area contributed by atoms with Crippen LogP contribution in [0.25, 0.3) is 0 Å². The van der Waals surface area contributed by atoms with E-state index in [0.717, 1.165) is 12.8 Å². The first-order valence-electron chi connectivity index (χ1n) is 5.26. The molecule has 0 unspecified atom stereocenters. The SMILES string of the molecule is Cc1ccc(CC2(N)CC2)cc1C(F)(F)F. The van der Waals surface area contributed by atoms with Crippen molar-refractivity contribution in [1.82, 2.24) is 0 Å². The van der Waals surface area contributed by atoms with E-state index < -0.39 is 11.7 Å². The summed E-state index contributed by atoms with van der Waals surface area (Å²) in [4.78, 5) is 0. The molecular formula is C12H14F3N. The Bertz CT molecular complexity index is 405. The van der Waals surface area contributed by atoms with E-state index in [9.17, 15) is 13.2 Å². The lowest BCUT2D eigenvalue weighted by atomic mass is 9.99. The van der Waals surface area contributed by atoms with Gasteiger partial charge in [0, 0.05) is 5.54 Å². The van der Waals surface area contributed by atoms with E-state index in [4.69, 9.17) is 5.73 Å². The lowest BCUT2D eigenvalue weighted by Gasteiger charge is -2.14. The largest absolute Gasteiger partial charge is 0.416 e. The fourth-order valence-electron chi connectivity index (χ4n) is 1.83. The van der Waals surface area contributed by atoms with Gasteiger partial charge < -0.3 is 5.73 Å². The molecule has 1 aliphatic rings. The van der Waals surface area contributed by atoms with Gasteiger partial charge in [-0.1, -0.05) is 12.1 Å². The highest BCUT2D eigenvalue weighted by molar-refractivity contribution is 5.34. The minimum absolute atomic E-state index is 0.252. The summed E-state index contributed by atoms with van der Waals surface area (Å²) in [5.74, 6) is 0. The summed E-state index contributed by atoms with van der Waals surface area (Å²) < 4.78 is 37.9. The molecule has 2 rings (SSSR count). The lowest BCUT2D eigenvalue weighted by molar-refractivity contribution is -0.138. The van der Waals surface area contributed by atoms with Gasteiger partial charge in [0.2, 0.25) is 0 Å². The highest BCUT2D eigenvalue weighted by atomic mass is 19.4. The van der Waals surface area contributed by atoms with E-state index >= 15 is 0 Å². The van der Waals surface area contributed by atoms with Crippen molar-refractivity contribution in [2.24, 2.45) is 5.73 Å². The van der Waals surface area contributed by atoms with E-state index in [2.05, 4.69) is 0 Å². The molecule has 1 nitrogen and oxygen atoms in total. The van der Waals surface area contributed by atoms with Crippen LogP contribution in [0.1, 0.15) is 29.5 Å². The Hall–Kier alpha value is -1.03. The molecule has 2 N–H and O–H groups in total. The van der Waals surface area contributed by atoms with Gasteiger partial charge in [-0.3, -0.25) is 0 Å². The molecule has 16 heavy (non-hydrogen) atoms. The summed E-state index contributed by atoms with van der Waals surface area (Å²) in [5, 5.41) is 0. The summed E-state index contributed by atoms with van der Waals surface area (Å²) in [5.41, 5.74) is 6.04. The Kier molecular flexibility index (Phi) is 2.49. The fraction of sp³-hybridized carbons (Fsp3) is 0.500. The van der Waals surface area contributed by atoms with Crippen LogP contribution in [-0.2, 0) is 12.6 Å². The maximum atomic E-state index is 12.6. The third-order valence-corrected chi connectivity index (χ3v) is 3.06. The molecule has 0 heterocycles. The van der Waals surface area contributed by atoms with Crippen LogP contribution < -0.4 is 5.73 Å². The predicted octanol–water partition coefficient (Wildman–Crippen LogP) is 3.05. The van der Waals surface area contributed by atoms with Gasteiger partial charge in [0.25, 0.3) is 0 Å². The molecule has 0 aromatic heterocycles. The maximum absolute atomic E-state index is 12.6. The van der Waals surface area contributed by atoms with Gasteiger partial charge in [-0.25, -0.2) is 0 Å². The van der Waals surface area contributed by atoms with Crippen LogP contribution in [0, 0.1) is 6.92 Å². The van der Waals surface area contributed by atoms with Crippen LogP contribution in [0.15, 0.2) is 18.2 Å². The minimum Gasteiger partial charge on any atom is -0.325 e. The second-order valence-electron chi connectivity index (χ2n) is 4.69. The molecule has 1 aromatic carbocycles. The second-order valence-corrected chi connectivity index (χ2v) is 4.69. The molecule has 0 radical (unpaired) electrons. The minimum atomic E-state index is -4.27. The Labute approximate surface area is 92.5 Å². The van der Waals surface area contributed by atoms with Gasteiger partial charge in [0.15, 0.2) is 0 Å². The van der Waals surface area contributed by atoms with Gasteiger partial charge >= 0.3 is 6.18 Å². The molecule has 1 aliphatic carbocycles. The number of benzene rings is 1. The first-order valence-corrected chi connectivity index (χ1v) is 5.26. The quantitative estimate of drug-likeness (QED) is 0.828. The number of nitrogens with two attached hydrogens (primary N) is 1. The molecule has 0 amide bonds. The predicted molar refractivity (Wildman–Crippen MR) is 56.0 cm³/mol. The van der Waals surface area contributed by atoms with E-state index in [1.807, 2.05) is 0 Å². The number of rotatable bonds is 2. The molecule has 0 spiro atoms. The molecule has 0 aliphatic heterocycles. The van der Waals surface area contributed by atoms with Crippen LogP contribution >= 0.6 is 0 Å². The van der Waals surface area contributed by atoms with Crippen molar-refractivity contribution in [3.8, 4) is 0 Å². The summed E-state index contributed by atoms with van der Waals surface area (Å²) in [7, 11) is 0. The number of hydrogen-bond acceptors (Lipinski definition) is 1. The molecule has 0 atom stereocenters. The second kappa shape index (κ2) is 3.48. The zero-order valence-electron chi connectivity index (χ0n) is 9.06. The van der Waals surface area contributed by atoms with E-state index in [1.54, 1.807) is 6.07 Å². The molecule has 1 aromatic rings. The Morgan fingerprint density at radius 3 is 2.44 bits per heavy atom. The van der Waals surface area contributed by atoms with Gasteiger partial charge in [0.05, 0.1) is 5.56 Å². The van der Waals surface area contributed by atoms with Crippen molar-refractivity contribution in [2.45, 2.75) is 37.9 Å². The topological polar surface area (TPSA) is 26.0 Å². The first kappa shape index (κ1) is 11.5. The number of hydrogen-bond donors (Lipinski definition) is 1. The zero-order chi connectivity index (χ0) is 12.0. The normalized spacial score (nSPS) is 18.6. The van der Waals surface area contributed by atoms with Crippen molar-refractivity contribution < 1.29 is 13.2 Å². The van der Waals surface area contributed by atoms with Crippen LogP contribution in [0.2, 0.25) is 0 Å². The van der Waals surface area contributed by atoms with E-state index in [0.29, 0.717) is 12.0 Å². The summed E-state index contributed by atoms with van der Waals surface area (Å²) in [6.45, 7) is 1.47.